The monoisotopic (exact) mass is 392 g/mol. The van der Waals surface area contributed by atoms with E-state index in [1.165, 1.54) is 11.3 Å². The molecule has 7 heteroatoms. The summed E-state index contributed by atoms with van der Waals surface area (Å²) in [5.41, 5.74) is 2.68. The Morgan fingerprint density at radius 2 is 2.00 bits per heavy atom. The van der Waals surface area contributed by atoms with Crippen LogP contribution < -0.4 is 5.56 Å². The SMILES string of the molecule is O=c1cc(CN2C[C@@H](Cc3ccc4ccccc4n3)[C@H](O)C2)nc2sccn12. The van der Waals surface area contributed by atoms with Crippen LogP contribution in [0.4, 0.5) is 0 Å². The van der Waals surface area contributed by atoms with Crippen LogP contribution in [0.15, 0.2) is 58.8 Å². The molecule has 3 aromatic heterocycles. The van der Waals surface area contributed by atoms with Gasteiger partial charge in [-0.05, 0) is 18.6 Å². The molecule has 142 valence electrons. The number of hydrogen-bond donors (Lipinski definition) is 1. The largest absolute Gasteiger partial charge is 0.391 e. The molecule has 1 saturated heterocycles. The lowest BCUT2D eigenvalue weighted by Gasteiger charge is -2.15. The first kappa shape index (κ1) is 17.5. The number of benzene rings is 1. The van der Waals surface area contributed by atoms with Gasteiger partial charge in [-0.2, -0.15) is 0 Å². The van der Waals surface area contributed by atoms with E-state index in [9.17, 15) is 9.90 Å². The molecule has 0 amide bonds. The standard InChI is InChI=1S/C21H20N4O2S/c26-19-13-24(12-17-10-20(27)25-7-8-28-21(25)23-17)11-15(19)9-16-6-5-14-3-1-2-4-18(14)22-16/h1-8,10,15,19,26H,9,11-13H2/t15-,19-/m1/s1. The average Bonchev–Trinajstić information content (AvgIpc) is 3.29. The molecule has 1 aliphatic heterocycles. The molecule has 1 aliphatic rings. The third-order valence-corrected chi connectivity index (χ3v) is 6.11. The maximum absolute atomic E-state index is 12.2. The van der Waals surface area contributed by atoms with Crippen LogP contribution in [0.3, 0.4) is 0 Å². The molecule has 4 heterocycles. The Morgan fingerprint density at radius 1 is 1.11 bits per heavy atom. The van der Waals surface area contributed by atoms with Crippen molar-refractivity contribution in [1.82, 2.24) is 19.3 Å². The Balaban J connectivity index is 1.30. The van der Waals surface area contributed by atoms with Crippen LogP contribution in [0, 0.1) is 5.92 Å². The Hall–Kier alpha value is -2.61. The normalized spacial score (nSPS) is 20.3. The van der Waals surface area contributed by atoms with Crippen LogP contribution in [0.1, 0.15) is 11.4 Å². The van der Waals surface area contributed by atoms with Crippen LogP contribution in [0.25, 0.3) is 15.9 Å². The van der Waals surface area contributed by atoms with E-state index >= 15 is 0 Å². The summed E-state index contributed by atoms with van der Waals surface area (Å²) in [6, 6.07) is 13.8. The molecule has 1 aromatic carbocycles. The fourth-order valence-corrected chi connectivity index (χ4v) is 4.70. The number of rotatable bonds is 4. The molecule has 5 rings (SSSR count). The number of hydrogen-bond acceptors (Lipinski definition) is 6. The summed E-state index contributed by atoms with van der Waals surface area (Å²) in [5, 5.41) is 13.5. The summed E-state index contributed by atoms with van der Waals surface area (Å²) in [7, 11) is 0. The molecule has 6 nitrogen and oxygen atoms in total. The van der Waals surface area contributed by atoms with Gasteiger partial charge in [0.05, 0.1) is 17.3 Å². The Morgan fingerprint density at radius 3 is 2.93 bits per heavy atom. The number of para-hydroxylation sites is 1. The van der Waals surface area contributed by atoms with Gasteiger partial charge in [-0.1, -0.05) is 24.3 Å². The molecule has 4 aromatic rings. The first-order valence-corrected chi connectivity index (χ1v) is 10.2. The van der Waals surface area contributed by atoms with E-state index in [0.29, 0.717) is 18.1 Å². The predicted molar refractivity (Wildman–Crippen MR) is 110 cm³/mol. The summed E-state index contributed by atoms with van der Waals surface area (Å²) in [5.74, 6) is 0.125. The molecular weight excluding hydrogens is 372 g/mol. The minimum atomic E-state index is -0.403. The number of aliphatic hydroxyl groups is 1. The van der Waals surface area contributed by atoms with E-state index < -0.39 is 6.10 Å². The zero-order chi connectivity index (χ0) is 19.1. The van der Waals surface area contributed by atoms with Gasteiger partial charge in [0.15, 0.2) is 4.96 Å². The van der Waals surface area contributed by atoms with Crippen molar-refractivity contribution < 1.29 is 5.11 Å². The first-order chi connectivity index (χ1) is 13.7. The third kappa shape index (κ3) is 3.32. The number of thiazole rings is 1. The van der Waals surface area contributed by atoms with Gasteiger partial charge in [0.2, 0.25) is 0 Å². The highest BCUT2D eigenvalue weighted by Crippen LogP contribution is 2.23. The fourth-order valence-electron chi connectivity index (χ4n) is 3.96. The van der Waals surface area contributed by atoms with Gasteiger partial charge in [-0.3, -0.25) is 19.1 Å². The molecule has 1 N–H and O–H groups in total. The molecule has 1 fully saturated rings. The number of fused-ring (bicyclic) bond motifs is 2. The van der Waals surface area contributed by atoms with Crippen molar-refractivity contribution in [1.29, 1.82) is 0 Å². The second-order valence-corrected chi connectivity index (χ2v) is 8.24. The number of aliphatic hydroxyl groups excluding tert-OH is 1. The van der Waals surface area contributed by atoms with Gasteiger partial charge in [0, 0.05) is 54.3 Å². The third-order valence-electron chi connectivity index (χ3n) is 5.35. The summed E-state index contributed by atoms with van der Waals surface area (Å²) >= 11 is 1.45. The van der Waals surface area contributed by atoms with Crippen LogP contribution in [-0.2, 0) is 13.0 Å². The van der Waals surface area contributed by atoms with E-state index in [2.05, 4.69) is 22.0 Å². The van der Waals surface area contributed by atoms with Crippen LogP contribution in [-0.4, -0.2) is 43.6 Å². The molecule has 0 unspecified atom stereocenters. The highest BCUT2D eigenvalue weighted by Gasteiger charge is 2.31. The lowest BCUT2D eigenvalue weighted by atomic mass is 9.99. The van der Waals surface area contributed by atoms with Crippen LogP contribution in [0.2, 0.25) is 0 Å². The molecule has 2 atom stereocenters. The van der Waals surface area contributed by atoms with E-state index in [0.717, 1.165) is 35.3 Å². The minimum absolute atomic E-state index is 0.0575. The zero-order valence-corrected chi connectivity index (χ0v) is 16.0. The van der Waals surface area contributed by atoms with Crippen molar-refractivity contribution in [3.05, 3.63) is 75.8 Å². The first-order valence-electron chi connectivity index (χ1n) is 9.36. The van der Waals surface area contributed by atoms with Gasteiger partial charge in [0.25, 0.3) is 5.56 Å². The summed E-state index contributed by atoms with van der Waals surface area (Å²) in [6.07, 6.45) is 2.08. The number of pyridine rings is 1. The Labute approximate surface area is 165 Å². The highest BCUT2D eigenvalue weighted by atomic mass is 32.1. The van der Waals surface area contributed by atoms with Gasteiger partial charge in [0.1, 0.15) is 0 Å². The van der Waals surface area contributed by atoms with E-state index in [4.69, 9.17) is 4.98 Å². The summed E-state index contributed by atoms with van der Waals surface area (Å²) < 4.78 is 1.56. The van der Waals surface area contributed by atoms with Crippen molar-refractivity contribution in [3.63, 3.8) is 0 Å². The minimum Gasteiger partial charge on any atom is -0.391 e. The summed E-state index contributed by atoms with van der Waals surface area (Å²) in [4.78, 5) is 24.4. The number of likely N-dealkylation sites (tertiary alicyclic amines) is 1. The van der Waals surface area contributed by atoms with Crippen molar-refractivity contribution in [2.75, 3.05) is 13.1 Å². The quantitative estimate of drug-likeness (QED) is 0.577. The topological polar surface area (TPSA) is 70.7 Å². The van der Waals surface area contributed by atoms with E-state index in [1.54, 1.807) is 16.7 Å². The van der Waals surface area contributed by atoms with Gasteiger partial charge < -0.3 is 5.11 Å². The number of nitrogens with zero attached hydrogens (tertiary/aromatic N) is 4. The van der Waals surface area contributed by atoms with Crippen LogP contribution >= 0.6 is 11.3 Å². The lowest BCUT2D eigenvalue weighted by Crippen LogP contribution is -2.24. The van der Waals surface area contributed by atoms with Gasteiger partial charge >= 0.3 is 0 Å². The van der Waals surface area contributed by atoms with Crippen molar-refractivity contribution in [2.45, 2.75) is 19.1 Å². The second-order valence-electron chi connectivity index (χ2n) is 7.36. The molecule has 0 saturated carbocycles. The molecule has 0 aliphatic carbocycles. The average molecular weight is 392 g/mol. The van der Waals surface area contributed by atoms with E-state index in [-0.39, 0.29) is 11.5 Å². The van der Waals surface area contributed by atoms with Gasteiger partial charge in [-0.15, -0.1) is 11.3 Å². The fraction of sp³-hybridized carbons (Fsp3) is 0.286. The van der Waals surface area contributed by atoms with Gasteiger partial charge in [-0.25, -0.2) is 4.98 Å². The number of β-amino-alcohol motifs (C(OH)–C–C–N with tert-alkyl or cyclic N) is 1. The van der Waals surface area contributed by atoms with Crippen LogP contribution in [0.5, 0.6) is 0 Å². The smallest absolute Gasteiger partial charge is 0.258 e. The molecular formula is C21H20N4O2S. The lowest BCUT2D eigenvalue weighted by molar-refractivity contribution is 0.140. The molecule has 0 bridgehead atoms. The van der Waals surface area contributed by atoms with Crippen molar-refractivity contribution in [3.8, 4) is 0 Å². The van der Waals surface area contributed by atoms with E-state index in [1.807, 2.05) is 29.6 Å². The Kier molecular flexibility index (Phi) is 4.43. The second kappa shape index (κ2) is 7.09. The molecule has 28 heavy (non-hydrogen) atoms. The maximum Gasteiger partial charge on any atom is 0.258 e. The molecule has 0 spiro atoms. The number of aromatic nitrogens is 3. The van der Waals surface area contributed by atoms with Crippen molar-refractivity contribution >= 4 is 27.2 Å². The Bertz CT molecular complexity index is 1200. The highest BCUT2D eigenvalue weighted by molar-refractivity contribution is 7.15. The summed E-state index contributed by atoms with van der Waals surface area (Å²) in [6.45, 7) is 1.92. The molecule has 0 radical (unpaired) electrons. The van der Waals surface area contributed by atoms with Crippen molar-refractivity contribution in [2.24, 2.45) is 5.92 Å². The maximum atomic E-state index is 12.2. The predicted octanol–water partition coefficient (Wildman–Crippen LogP) is 2.34. The zero-order valence-electron chi connectivity index (χ0n) is 15.2.